The lowest BCUT2D eigenvalue weighted by molar-refractivity contribution is 0.213. The second-order valence-corrected chi connectivity index (χ2v) is 3.40. The van der Waals surface area contributed by atoms with Crippen LogP contribution >= 0.6 is 0 Å². The second kappa shape index (κ2) is 4.61. The molecule has 82 valence electrons. The van der Waals surface area contributed by atoms with Crippen molar-refractivity contribution in [3.8, 4) is 11.1 Å². The lowest BCUT2D eigenvalue weighted by Crippen LogP contribution is -1.94. The van der Waals surface area contributed by atoms with Gasteiger partial charge in [0, 0.05) is 18.6 Å². The zero-order valence-corrected chi connectivity index (χ0v) is 9.27. The fraction of sp³-hybridized carbons (Fsp3) is 0.167. The number of aromatic nitrogens is 2. The first-order valence-corrected chi connectivity index (χ1v) is 4.98. The number of aromatic amines is 1. The van der Waals surface area contributed by atoms with Gasteiger partial charge in [-0.3, -0.25) is 4.98 Å². The Bertz CT molecular complexity index is 488. The van der Waals surface area contributed by atoms with Crippen LogP contribution < -0.4 is 0 Å². The third-order valence-electron chi connectivity index (χ3n) is 2.31. The number of nitrogens with one attached hydrogen (secondary N) is 1. The van der Waals surface area contributed by atoms with Gasteiger partial charge >= 0.3 is 0 Å². The minimum absolute atomic E-state index is 0.822. The molecule has 1 N–H and O–H groups in total. The Morgan fingerprint density at radius 3 is 2.75 bits per heavy atom. The Morgan fingerprint density at radius 2 is 2.06 bits per heavy atom. The zero-order chi connectivity index (χ0) is 11.4. The van der Waals surface area contributed by atoms with Crippen molar-refractivity contribution >= 4 is 5.71 Å². The molecule has 0 saturated heterocycles. The Balaban J connectivity index is 2.30. The van der Waals surface area contributed by atoms with Gasteiger partial charge in [-0.25, -0.2) is 0 Å². The average molecular weight is 215 g/mol. The molecule has 0 aliphatic heterocycles. The number of oxime groups is 1. The topological polar surface area (TPSA) is 50.3 Å². The van der Waals surface area contributed by atoms with Crippen molar-refractivity contribution in [2.75, 3.05) is 7.11 Å². The van der Waals surface area contributed by atoms with Crippen molar-refractivity contribution < 1.29 is 4.84 Å². The van der Waals surface area contributed by atoms with Gasteiger partial charge in [0.1, 0.15) is 12.8 Å². The molecule has 0 spiro atoms. The number of H-pyrrole nitrogens is 1. The molecule has 0 aliphatic carbocycles. The first-order chi connectivity index (χ1) is 7.81. The predicted octanol–water partition coefficient (Wildman–Crippen LogP) is 2.45. The molecule has 0 fully saturated rings. The lowest BCUT2D eigenvalue weighted by Gasteiger charge is -1.95. The highest BCUT2D eigenvalue weighted by Crippen LogP contribution is 2.19. The largest absolute Gasteiger partial charge is 0.399 e. The van der Waals surface area contributed by atoms with Crippen LogP contribution in [0.2, 0.25) is 0 Å². The number of hydrogen-bond acceptors (Lipinski definition) is 3. The van der Waals surface area contributed by atoms with Crippen LogP contribution in [0.1, 0.15) is 12.6 Å². The highest BCUT2D eigenvalue weighted by Gasteiger charge is 2.04. The molecule has 0 unspecified atom stereocenters. The third kappa shape index (κ3) is 2.11. The maximum atomic E-state index is 4.73. The quantitative estimate of drug-likeness (QED) is 0.631. The van der Waals surface area contributed by atoms with Gasteiger partial charge in [-0.1, -0.05) is 5.16 Å². The summed E-state index contributed by atoms with van der Waals surface area (Å²) < 4.78 is 0. The van der Waals surface area contributed by atoms with Crippen molar-refractivity contribution in [2.24, 2.45) is 5.16 Å². The predicted molar refractivity (Wildman–Crippen MR) is 63.2 cm³/mol. The van der Waals surface area contributed by atoms with E-state index in [1.165, 1.54) is 7.11 Å². The van der Waals surface area contributed by atoms with E-state index in [4.69, 9.17) is 4.84 Å². The van der Waals surface area contributed by atoms with E-state index in [-0.39, 0.29) is 0 Å². The van der Waals surface area contributed by atoms with Crippen molar-refractivity contribution in [3.63, 3.8) is 0 Å². The molecule has 0 atom stereocenters. The molecule has 0 saturated carbocycles. The van der Waals surface area contributed by atoms with E-state index in [2.05, 4.69) is 15.1 Å². The highest BCUT2D eigenvalue weighted by molar-refractivity contribution is 5.97. The first-order valence-electron chi connectivity index (χ1n) is 4.98. The Labute approximate surface area is 94.0 Å². The van der Waals surface area contributed by atoms with Gasteiger partial charge in [-0.2, -0.15) is 0 Å². The summed E-state index contributed by atoms with van der Waals surface area (Å²) in [6, 6.07) is 5.97. The Hall–Kier alpha value is -2.10. The van der Waals surface area contributed by atoms with E-state index in [1.54, 1.807) is 12.4 Å². The molecule has 0 radical (unpaired) electrons. The van der Waals surface area contributed by atoms with Crippen molar-refractivity contribution in [3.05, 3.63) is 42.5 Å². The maximum absolute atomic E-state index is 4.73. The fourth-order valence-electron chi connectivity index (χ4n) is 1.50. The van der Waals surface area contributed by atoms with Crippen LogP contribution in [0.4, 0.5) is 0 Å². The van der Waals surface area contributed by atoms with Gasteiger partial charge in [0.25, 0.3) is 0 Å². The van der Waals surface area contributed by atoms with Gasteiger partial charge in [0.05, 0.1) is 5.69 Å². The number of hydrogen-bond donors (Lipinski definition) is 1. The van der Waals surface area contributed by atoms with Gasteiger partial charge in [-0.15, -0.1) is 0 Å². The number of pyridine rings is 1. The van der Waals surface area contributed by atoms with E-state index in [9.17, 15) is 0 Å². The molecule has 0 amide bonds. The molecule has 0 aliphatic rings. The fourth-order valence-corrected chi connectivity index (χ4v) is 1.50. The van der Waals surface area contributed by atoms with E-state index < -0.39 is 0 Å². The van der Waals surface area contributed by atoms with E-state index in [1.807, 2.05) is 31.3 Å². The molecule has 0 aromatic carbocycles. The van der Waals surface area contributed by atoms with Crippen LogP contribution in [0.3, 0.4) is 0 Å². The van der Waals surface area contributed by atoms with Crippen LogP contribution in [0.5, 0.6) is 0 Å². The molecule has 2 heterocycles. The number of nitrogens with zero attached hydrogens (tertiary/aromatic N) is 2. The van der Waals surface area contributed by atoms with Gasteiger partial charge in [0.15, 0.2) is 0 Å². The van der Waals surface area contributed by atoms with E-state index >= 15 is 0 Å². The summed E-state index contributed by atoms with van der Waals surface area (Å²) >= 11 is 0. The molecule has 2 aromatic rings. The minimum Gasteiger partial charge on any atom is -0.399 e. The van der Waals surface area contributed by atoms with Crippen molar-refractivity contribution in [1.82, 2.24) is 9.97 Å². The summed E-state index contributed by atoms with van der Waals surface area (Å²) in [7, 11) is 1.54. The molecule has 2 rings (SSSR count). The standard InChI is InChI=1S/C12H13N3O/c1-9(15-16-2)12-7-11(8-14-12)10-3-5-13-6-4-10/h3-8,14H,1-2H3. The Morgan fingerprint density at radius 1 is 1.31 bits per heavy atom. The normalized spacial score (nSPS) is 11.5. The second-order valence-electron chi connectivity index (χ2n) is 3.40. The minimum atomic E-state index is 0.822. The highest BCUT2D eigenvalue weighted by atomic mass is 16.6. The summed E-state index contributed by atoms with van der Waals surface area (Å²) in [6.45, 7) is 1.89. The molecular formula is C12H13N3O. The molecule has 4 nitrogen and oxygen atoms in total. The summed E-state index contributed by atoms with van der Waals surface area (Å²) in [5.41, 5.74) is 4.02. The smallest absolute Gasteiger partial charge is 0.106 e. The molecule has 4 heteroatoms. The first kappa shape index (κ1) is 10.4. The van der Waals surface area contributed by atoms with Gasteiger partial charge < -0.3 is 9.82 Å². The number of rotatable bonds is 3. The summed E-state index contributed by atoms with van der Waals surface area (Å²) in [5.74, 6) is 0. The molecular weight excluding hydrogens is 202 g/mol. The molecule has 2 aromatic heterocycles. The van der Waals surface area contributed by atoms with E-state index in [0.29, 0.717) is 0 Å². The Kier molecular flexibility index (Phi) is 3.00. The maximum Gasteiger partial charge on any atom is 0.106 e. The van der Waals surface area contributed by atoms with Crippen LogP contribution in [-0.2, 0) is 4.84 Å². The van der Waals surface area contributed by atoms with E-state index in [0.717, 1.165) is 22.5 Å². The van der Waals surface area contributed by atoms with Crippen LogP contribution in [-0.4, -0.2) is 22.8 Å². The molecule has 0 bridgehead atoms. The summed E-state index contributed by atoms with van der Waals surface area (Å²) in [4.78, 5) is 11.9. The molecule has 16 heavy (non-hydrogen) atoms. The van der Waals surface area contributed by atoms with Crippen LogP contribution in [0.25, 0.3) is 11.1 Å². The average Bonchev–Trinajstić information content (AvgIpc) is 2.80. The van der Waals surface area contributed by atoms with Crippen molar-refractivity contribution in [1.29, 1.82) is 0 Å². The van der Waals surface area contributed by atoms with Crippen LogP contribution in [0, 0.1) is 0 Å². The third-order valence-corrected chi connectivity index (χ3v) is 2.31. The monoisotopic (exact) mass is 215 g/mol. The van der Waals surface area contributed by atoms with Crippen molar-refractivity contribution in [2.45, 2.75) is 6.92 Å². The van der Waals surface area contributed by atoms with Crippen LogP contribution in [0.15, 0.2) is 41.9 Å². The summed E-state index contributed by atoms with van der Waals surface area (Å²) in [5, 5.41) is 3.87. The van der Waals surface area contributed by atoms with Gasteiger partial charge in [-0.05, 0) is 36.2 Å². The van der Waals surface area contributed by atoms with Gasteiger partial charge in [0.2, 0.25) is 0 Å². The SMILES string of the molecule is CON=C(C)c1cc(-c2ccncc2)c[nH]1. The zero-order valence-electron chi connectivity index (χ0n) is 9.27. The lowest BCUT2D eigenvalue weighted by atomic mass is 10.1. The summed E-state index contributed by atoms with van der Waals surface area (Å²) in [6.07, 6.45) is 5.50.